The zero-order valence-electron chi connectivity index (χ0n) is 13.1. The molecule has 2 atom stereocenters. The SMILES string of the molecule is CN1CCC(ONC(=O)CN2CC(C3(C)COC3)NC2=O)C1. The second-order valence-corrected chi connectivity index (χ2v) is 6.85. The molecule has 0 aromatic carbocycles. The Balaban J connectivity index is 1.42. The van der Waals surface area contributed by atoms with Gasteiger partial charge in [0.1, 0.15) is 6.54 Å². The van der Waals surface area contributed by atoms with Crippen LogP contribution in [0.1, 0.15) is 13.3 Å². The van der Waals surface area contributed by atoms with E-state index in [1.54, 1.807) is 0 Å². The standard InChI is InChI=1S/C14H24N4O4/c1-14(8-21-9-14)11-6-18(13(20)15-11)7-12(19)16-22-10-3-4-17(2)5-10/h10-11H,3-9H2,1-2H3,(H,15,20)(H,16,19). The van der Waals surface area contributed by atoms with Gasteiger partial charge in [0, 0.05) is 25.0 Å². The lowest BCUT2D eigenvalue weighted by Gasteiger charge is -2.42. The fourth-order valence-electron chi connectivity index (χ4n) is 3.09. The molecule has 3 heterocycles. The predicted octanol–water partition coefficient (Wildman–Crippen LogP) is -0.831. The monoisotopic (exact) mass is 312 g/mol. The van der Waals surface area contributed by atoms with Crippen molar-refractivity contribution in [3.63, 3.8) is 0 Å². The average molecular weight is 312 g/mol. The number of amides is 3. The highest BCUT2D eigenvalue weighted by molar-refractivity contribution is 5.84. The van der Waals surface area contributed by atoms with E-state index >= 15 is 0 Å². The number of nitrogens with one attached hydrogen (secondary N) is 2. The Bertz CT molecular complexity index is 454. The summed E-state index contributed by atoms with van der Waals surface area (Å²) in [5.41, 5.74) is 2.44. The van der Waals surface area contributed by atoms with Crippen molar-refractivity contribution < 1.29 is 19.2 Å². The van der Waals surface area contributed by atoms with Crippen molar-refractivity contribution in [1.82, 2.24) is 20.6 Å². The van der Waals surface area contributed by atoms with Crippen molar-refractivity contribution in [1.29, 1.82) is 0 Å². The third-order valence-corrected chi connectivity index (χ3v) is 4.71. The number of ether oxygens (including phenoxy) is 1. The molecule has 8 nitrogen and oxygen atoms in total. The Hall–Kier alpha value is -1.38. The van der Waals surface area contributed by atoms with Crippen LogP contribution in [0.5, 0.6) is 0 Å². The highest BCUT2D eigenvalue weighted by Crippen LogP contribution is 2.33. The van der Waals surface area contributed by atoms with Crippen molar-refractivity contribution in [2.75, 3.05) is 46.4 Å². The maximum atomic E-state index is 12.0. The zero-order valence-corrected chi connectivity index (χ0v) is 13.1. The van der Waals surface area contributed by atoms with E-state index in [2.05, 4.69) is 22.6 Å². The molecular formula is C14H24N4O4. The molecule has 0 aliphatic carbocycles. The van der Waals surface area contributed by atoms with E-state index in [4.69, 9.17) is 9.57 Å². The molecule has 3 fully saturated rings. The number of hydrogen-bond acceptors (Lipinski definition) is 5. The molecule has 0 spiro atoms. The molecule has 3 aliphatic heterocycles. The van der Waals surface area contributed by atoms with Crippen molar-refractivity contribution >= 4 is 11.9 Å². The van der Waals surface area contributed by atoms with Crippen molar-refractivity contribution in [3.8, 4) is 0 Å². The van der Waals surface area contributed by atoms with Gasteiger partial charge in [-0.2, -0.15) is 0 Å². The summed E-state index contributed by atoms with van der Waals surface area (Å²) in [6.07, 6.45) is 0.932. The zero-order chi connectivity index (χ0) is 15.7. The third-order valence-electron chi connectivity index (χ3n) is 4.71. The summed E-state index contributed by atoms with van der Waals surface area (Å²) in [4.78, 5) is 32.9. The normalized spacial score (nSPS) is 31.0. The second-order valence-electron chi connectivity index (χ2n) is 6.85. The van der Waals surface area contributed by atoms with Crippen LogP contribution in [-0.2, 0) is 14.4 Å². The van der Waals surface area contributed by atoms with Gasteiger partial charge in [-0.15, -0.1) is 0 Å². The minimum atomic E-state index is -0.291. The Morgan fingerprint density at radius 3 is 2.86 bits per heavy atom. The van der Waals surface area contributed by atoms with E-state index in [1.165, 1.54) is 4.90 Å². The fraction of sp³-hybridized carbons (Fsp3) is 0.857. The smallest absolute Gasteiger partial charge is 0.318 e. The van der Waals surface area contributed by atoms with E-state index in [9.17, 15) is 9.59 Å². The summed E-state index contributed by atoms with van der Waals surface area (Å²) in [7, 11) is 2.02. The molecule has 0 aromatic heterocycles. The van der Waals surface area contributed by atoms with Crippen LogP contribution in [0.4, 0.5) is 4.79 Å². The number of hydrogen-bond donors (Lipinski definition) is 2. The van der Waals surface area contributed by atoms with Crippen LogP contribution in [0.2, 0.25) is 0 Å². The number of likely N-dealkylation sites (N-methyl/N-ethyl adjacent to an activating group) is 1. The molecular weight excluding hydrogens is 288 g/mol. The number of hydroxylamine groups is 1. The van der Waals surface area contributed by atoms with Crippen LogP contribution in [0.15, 0.2) is 0 Å². The molecule has 8 heteroatoms. The molecule has 2 unspecified atom stereocenters. The molecule has 0 saturated carbocycles. The van der Waals surface area contributed by atoms with Gasteiger partial charge in [0.15, 0.2) is 0 Å². The maximum absolute atomic E-state index is 12.0. The van der Waals surface area contributed by atoms with Gasteiger partial charge >= 0.3 is 6.03 Å². The number of carbonyl (C=O) groups excluding carboxylic acids is 2. The van der Waals surface area contributed by atoms with Gasteiger partial charge < -0.3 is 19.9 Å². The van der Waals surface area contributed by atoms with Crippen molar-refractivity contribution in [2.24, 2.45) is 5.41 Å². The van der Waals surface area contributed by atoms with Gasteiger partial charge in [-0.3, -0.25) is 9.63 Å². The highest BCUT2D eigenvalue weighted by Gasteiger charge is 2.47. The summed E-state index contributed by atoms with van der Waals surface area (Å²) < 4.78 is 5.23. The van der Waals surface area contributed by atoms with Crippen LogP contribution in [-0.4, -0.2) is 80.3 Å². The number of rotatable bonds is 5. The van der Waals surface area contributed by atoms with Crippen molar-refractivity contribution in [3.05, 3.63) is 0 Å². The van der Waals surface area contributed by atoms with Crippen LogP contribution in [0.3, 0.4) is 0 Å². The maximum Gasteiger partial charge on any atom is 0.318 e. The van der Waals surface area contributed by atoms with Gasteiger partial charge in [-0.1, -0.05) is 6.92 Å². The molecule has 22 heavy (non-hydrogen) atoms. The summed E-state index contributed by atoms with van der Waals surface area (Å²) >= 11 is 0. The number of urea groups is 1. The highest BCUT2D eigenvalue weighted by atomic mass is 16.7. The van der Waals surface area contributed by atoms with Crippen LogP contribution in [0, 0.1) is 5.41 Å². The Labute approximate surface area is 130 Å². The molecule has 0 bridgehead atoms. The quantitative estimate of drug-likeness (QED) is 0.648. The summed E-state index contributed by atoms with van der Waals surface area (Å²) in [5.74, 6) is -0.291. The molecule has 2 N–H and O–H groups in total. The first kappa shape index (κ1) is 15.5. The number of nitrogens with zero attached hydrogens (tertiary/aromatic N) is 2. The predicted molar refractivity (Wildman–Crippen MR) is 77.9 cm³/mol. The molecule has 0 aromatic rings. The summed E-state index contributed by atoms with van der Waals surface area (Å²) in [5, 5.41) is 2.93. The van der Waals surface area contributed by atoms with E-state index < -0.39 is 0 Å². The first-order valence-corrected chi connectivity index (χ1v) is 7.72. The molecule has 3 rings (SSSR count). The Kier molecular flexibility index (Phi) is 4.24. The van der Waals surface area contributed by atoms with E-state index in [-0.39, 0.29) is 36.0 Å². The van der Waals surface area contributed by atoms with Gasteiger partial charge in [-0.25, -0.2) is 10.3 Å². The first-order chi connectivity index (χ1) is 10.5. The topological polar surface area (TPSA) is 83.1 Å². The molecule has 3 aliphatic rings. The summed E-state index contributed by atoms with van der Waals surface area (Å²) in [6.45, 7) is 5.71. The fourth-order valence-corrected chi connectivity index (χ4v) is 3.09. The molecule has 3 amide bonds. The second kappa shape index (κ2) is 6.02. The van der Waals surface area contributed by atoms with E-state index in [0.717, 1.165) is 19.5 Å². The number of likely N-dealkylation sites (tertiary alicyclic amines) is 1. The van der Waals surface area contributed by atoms with Gasteiger partial charge in [-0.05, 0) is 13.5 Å². The van der Waals surface area contributed by atoms with Gasteiger partial charge in [0.2, 0.25) is 0 Å². The van der Waals surface area contributed by atoms with Gasteiger partial charge in [0.05, 0.1) is 25.4 Å². The van der Waals surface area contributed by atoms with Gasteiger partial charge in [0.25, 0.3) is 5.91 Å². The Morgan fingerprint density at radius 2 is 2.27 bits per heavy atom. The molecule has 3 saturated heterocycles. The minimum absolute atomic E-state index is 0.0157. The van der Waals surface area contributed by atoms with E-state index in [0.29, 0.717) is 19.8 Å². The lowest BCUT2D eigenvalue weighted by molar-refractivity contribution is -0.138. The number of carbonyl (C=O) groups is 2. The largest absolute Gasteiger partial charge is 0.380 e. The average Bonchev–Trinajstić information content (AvgIpc) is 3.01. The van der Waals surface area contributed by atoms with Crippen LogP contribution in [0.25, 0.3) is 0 Å². The van der Waals surface area contributed by atoms with Crippen molar-refractivity contribution in [2.45, 2.75) is 25.5 Å². The summed E-state index contributed by atoms with van der Waals surface area (Å²) in [6, 6.07) is -0.167. The first-order valence-electron chi connectivity index (χ1n) is 7.72. The lowest BCUT2D eigenvalue weighted by Crippen LogP contribution is -2.54. The molecule has 0 radical (unpaired) electrons. The molecule has 124 valence electrons. The van der Waals surface area contributed by atoms with Crippen LogP contribution < -0.4 is 10.8 Å². The Morgan fingerprint density at radius 1 is 1.50 bits per heavy atom. The van der Waals surface area contributed by atoms with E-state index in [1.807, 2.05) is 7.05 Å². The third kappa shape index (κ3) is 3.18. The lowest BCUT2D eigenvalue weighted by atomic mass is 9.81. The minimum Gasteiger partial charge on any atom is -0.380 e. The van der Waals surface area contributed by atoms with Crippen LogP contribution >= 0.6 is 0 Å².